The molecule has 0 amide bonds. The molecule has 0 radical (unpaired) electrons. The van der Waals surface area contributed by atoms with Gasteiger partial charge < -0.3 is 10.2 Å². The van der Waals surface area contributed by atoms with Crippen molar-refractivity contribution in [2.24, 2.45) is 0 Å². The molecule has 1 aromatic carbocycles. The zero-order valence-corrected chi connectivity index (χ0v) is 13.2. The van der Waals surface area contributed by atoms with Crippen LogP contribution in [0, 0.1) is 0 Å². The highest BCUT2D eigenvalue weighted by molar-refractivity contribution is 6.30. The zero-order valence-electron chi connectivity index (χ0n) is 12.4. The maximum absolute atomic E-state index is 9.75. The molecule has 0 atom stereocenters. The smallest absolute Gasteiger partial charge is 0.0550 e. The molecule has 1 rings (SSSR count). The second kappa shape index (κ2) is 9.38. The number of hydrogen-bond donors (Lipinski definition) is 2. The average molecular weight is 299 g/mol. The minimum atomic E-state index is -0.532. The molecule has 0 spiro atoms. The van der Waals surface area contributed by atoms with Gasteiger partial charge in [-0.05, 0) is 24.1 Å². The van der Waals surface area contributed by atoms with Crippen molar-refractivity contribution in [3.63, 3.8) is 0 Å². The lowest BCUT2D eigenvalue weighted by atomic mass is 9.77. The molecule has 2 N–H and O–H groups in total. The highest BCUT2D eigenvalue weighted by Gasteiger charge is 2.30. The van der Waals surface area contributed by atoms with Crippen molar-refractivity contribution < 1.29 is 10.2 Å². The number of aliphatic hydroxyl groups excluding tert-OH is 2. The quantitative estimate of drug-likeness (QED) is 0.632. The number of halogens is 1. The molecule has 0 fully saturated rings. The van der Waals surface area contributed by atoms with Gasteiger partial charge in [0.1, 0.15) is 0 Å². The normalized spacial score (nSPS) is 11.8. The van der Waals surface area contributed by atoms with Crippen molar-refractivity contribution >= 4 is 11.6 Å². The van der Waals surface area contributed by atoms with Crippen LogP contribution in [0.4, 0.5) is 0 Å². The Morgan fingerprint density at radius 3 is 2.00 bits per heavy atom. The molecule has 114 valence electrons. The van der Waals surface area contributed by atoms with Crippen LogP contribution in [0.1, 0.15) is 57.4 Å². The molecule has 1 aromatic rings. The van der Waals surface area contributed by atoms with Crippen molar-refractivity contribution in [2.45, 2.75) is 57.3 Å². The van der Waals surface area contributed by atoms with Crippen molar-refractivity contribution in [3.8, 4) is 0 Å². The molecule has 0 aliphatic heterocycles. The summed E-state index contributed by atoms with van der Waals surface area (Å²) in [5.74, 6) is 0. The van der Waals surface area contributed by atoms with E-state index >= 15 is 0 Å². The van der Waals surface area contributed by atoms with Crippen LogP contribution in [0.2, 0.25) is 5.02 Å². The largest absolute Gasteiger partial charge is 0.395 e. The van der Waals surface area contributed by atoms with Crippen LogP contribution in [-0.2, 0) is 5.41 Å². The third-order valence-electron chi connectivity index (χ3n) is 4.07. The third-order valence-corrected chi connectivity index (χ3v) is 4.32. The Balaban J connectivity index is 2.56. The fourth-order valence-corrected chi connectivity index (χ4v) is 2.71. The second-order valence-electron chi connectivity index (χ2n) is 5.62. The van der Waals surface area contributed by atoms with E-state index in [0.717, 1.165) is 24.8 Å². The summed E-state index contributed by atoms with van der Waals surface area (Å²) in [5.41, 5.74) is 0.440. The molecule has 20 heavy (non-hydrogen) atoms. The Hall–Kier alpha value is -0.570. The lowest BCUT2D eigenvalue weighted by Crippen LogP contribution is -2.34. The Bertz CT molecular complexity index is 358. The summed E-state index contributed by atoms with van der Waals surface area (Å²) < 4.78 is 0. The van der Waals surface area contributed by atoms with Gasteiger partial charge in [0.2, 0.25) is 0 Å². The van der Waals surface area contributed by atoms with E-state index in [9.17, 15) is 10.2 Å². The van der Waals surface area contributed by atoms with Crippen LogP contribution in [0.3, 0.4) is 0 Å². The highest BCUT2D eigenvalue weighted by atomic mass is 35.5. The van der Waals surface area contributed by atoms with E-state index in [-0.39, 0.29) is 13.2 Å². The maximum Gasteiger partial charge on any atom is 0.0550 e. The molecule has 2 nitrogen and oxygen atoms in total. The van der Waals surface area contributed by atoms with Gasteiger partial charge in [-0.3, -0.25) is 0 Å². The molecule has 0 saturated heterocycles. The molecule has 0 aliphatic carbocycles. The van der Waals surface area contributed by atoms with Crippen molar-refractivity contribution in [2.75, 3.05) is 13.2 Å². The molecule has 0 aromatic heterocycles. The summed E-state index contributed by atoms with van der Waals surface area (Å²) in [6.45, 7) is 2.16. The van der Waals surface area contributed by atoms with Gasteiger partial charge in [-0.25, -0.2) is 0 Å². The first-order chi connectivity index (χ1) is 9.68. The van der Waals surface area contributed by atoms with E-state index < -0.39 is 5.41 Å². The Morgan fingerprint density at radius 1 is 0.900 bits per heavy atom. The first-order valence-electron chi connectivity index (χ1n) is 7.66. The van der Waals surface area contributed by atoms with Gasteiger partial charge in [-0.1, -0.05) is 69.2 Å². The minimum Gasteiger partial charge on any atom is -0.395 e. The predicted octanol–water partition coefficient (Wildman–Crippen LogP) is 4.31. The summed E-state index contributed by atoms with van der Waals surface area (Å²) in [5, 5.41) is 20.2. The topological polar surface area (TPSA) is 40.5 Å². The Labute approximate surface area is 127 Å². The SMILES string of the molecule is CCCCCCCCC(CO)(CO)c1ccc(Cl)cc1. The first-order valence-corrected chi connectivity index (χ1v) is 8.04. The standard InChI is InChI=1S/C17H27ClO2/c1-2-3-4-5-6-7-12-17(13-19,14-20)15-8-10-16(18)11-9-15/h8-11,19-20H,2-7,12-14H2,1H3. The second-order valence-corrected chi connectivity index (χ2v) is 6.06. The van der Waals surface area contributed by atoms with Gasteiger partial charge in [0.05, 0.1) is 13.2 Å². The highest BCUT2D eigenvalue weighted by Crippen LogP contribution is 2.30. The molecule has 0 heterocycles. The number of hydrogen-bond acceptors (Lipinski definition) is 2. The molecule has 0 unspecified atom stereocenters. The molecule has 0 aliphatic rings. The van der Waals surface area contributed by atoms with E-state index in [2.05, 4.69) is 6.92 Å². The van der Waals surface area contributed by atoms with E-state index in [1.165, 1.54) is 25.7 Å². The van der Waals surface area contributed by atoms with Crippen LogP contribution in [0.15, 0.2) is 24.3 Å². The van der Waals surface area contributed by atoms with Gasteiger partial charge in [0, 0.05) is 10.4 Å². The molecular weight excluding hydrogens is 272 g/mol. The minimum absolute atomic E-state index is 0.0277. The van der Waals surface area contributed by atoms with Crippen LogP contribution >= 0.6 is 11.6 Å². The van der Waals surface area contributed by atoms with Gasteiger partial charge >= 0.3 is 0 Å². The van der Waals surface area contributed by atoms with Crippen LogP contribution in [-0.4, -0.2) is 23.4 Å². The number of benzene rings is 1. The summed E-state index contributed by atoms with van der Waals surface area (Å²) in [7, 11) is 0. The summed E-state index contributed by atoms with van der Waals surface area (Å²) in [6.07, 6.45) is 8.07. The number of rotatable bonds is 10. The summed E-state index contributed by atoms with van der Waals surface area (Å²) in [4.78, 5) is 0. The zero-order chi connectivity index (χ0) is 14.8. The van der Waals surface area contributed by atoms with Crippen LogP contribution in [0.5, 0.6) is 0 Å². The molecule has 0 saturated carbocycles. The lowest BCUT2D eigenvalue weighted by molar-refractivity contribution is 0.107. The maximum atomic E-state index is 9.75. The molecular formula is C17H27ClO2. The van der Waals surface area contributed by atoms with E-state index in [1.54, 1.807) is 0 Å². The lowest BCUT2D eigenvalue weighted by Gasteiger charge is -2.30. The predicted molar refractivity (Wildman–Crippen MR) is 85.3 cm³/mol. The van der Waals surface area contributed by atoms with Crippen molar-refractivity contribution in [1.29, 1.82) is 0 Å². The van der Waals surface area contributed by atoms with E-state index in [4.69, 9.17) is 11.6 Å². The fourth-order valence-electron chi connectivity index (χ4n) is 2.58. The monoisotopic (exact) mass is 298 g/mol. The van der Waals surface area contributed by atoms with Gasteiger partial charge in [-0.15, -0.1) is 0 Å². The van der Waals surface area contributed by atoms with Crippen LogP contribution < -0.4 is 0 Å². The van der Waals surface area contributed by atoms with Gasteiger partial charge in [-0.2, -0.15) is 0 Å². The fraction of sp³-hybridized carbons (Fsp3) is 0.647. The Morgan fingerprint density at radius 2 is 1.45 bits per heavy atom. The first kappa shape index (κ1) is 17.5. The number of aliphatic hydroxyl groups is 2. The van der Waals surface area contributed by atoms with E-state index in [0.29, 0.717) is 5.02 Å². The van der Waals surface area contributed by atoms with Gasteiger partial charge in [0.15, 0.2) is 0 Å². The summed E-state index contributed by atoms with van der Waals surface area (Å²) >= 11 is 5.90. The summed E-state index contributed by atoms with van der Waals surface area (Å²) in [6, 6.07) is 7.45. The van der Waals surface area contributed by atoms with Crippen molar-refractivity contribution in [1.82, 2.24) is 0 Å². The van der Waals surface area contributed by atoms with Crippen LogP contribution in [0.25, 0.3) is 0 Å². The van der Waals surface area contributed by atoms with Crippen molar-refractivity contribution in [3.05, 3.63) is 34.9 Å². The average Bonchev–Trinajstić information content (AvgIpc) is 2.48. The molecule has 0 bridgehead atoms. The van der Waals surface area contributed by atoms with E-state index in [1.807, 2.05) is 24.3 Å². The number of unbranched alkanes of at least 4 members (excludes halogenated alkanes) is 5. The molecule has 3 heteroatoms. The van der Waals surface area contributed by atoms with Gasteiger partial charge in [0.25, 0.3) is 0 Å². The Kier molecular flexibility index (Phi) is 8.20. The third kappa shape index (κ3) is 5.08.